The van der Waals surface area contributed by atoms with E-state index in [1.807, 2.05) is 31.2 Å². The molecular weight excluding hydrogens is 425 g/mol. The molecule has 11 heteroatoms. The van der Waals surface area contributed by atoms with Gasteiger partial charge in [-0.25, -0.2) is 13.1 Å². The summed E-state index contributed by atoms with van der Waals surface area (Å²) in [6.07, 6.45) is -3.00. The van der Waals surface area contributed by atoms with E-state index in [9.17, 15) is 21.6 Å². The number of benzene rings is 2. The van der Waals surface area contributed by atoms with Gasteiger partial charge in [0.15, 0.2) is 11.0 Å². The van der Waals surface area contributed by atoms with Crippen LogP contribution in [-0.2, 0) is 22.7 Å². The van der Waals surface area contributed by atoms with E-state index < -0.39 is 26.7 Å². The maximum atomic E-state index is 13.2. The highest BCUT2D eigenvalue weighted by atomic mass is 32.2. The van der Waals surface area contributed by atoms with Gasteiger partial charge < -0.3 is 0 Å². The molecule has 3 aromatic rings. The second kappa shape index (κ2) is 8.17. The fourth-order valence-electron chi connectivity index (χ4n) is 2.78. The molecule has 0 radical (unpaired) electrons. The molecule has 0 aliphatic carbocycles. The number of para-hydroxylation sites is 1. The van der Waals surface area contributed by atoms with Crippen LogP contribution >= 0.6 is 11.8 Å². The second-order valence-electron chi connectivity index (χ2n) is 6.04. The quantitative estimate of drug-likeness (QED) is 0.588. The van der Waals surface area contributed by atoms with Gasteiger partial charge in [-0.3, -0.25) is 4.57 Å². The minimum absolute atomic E-state index is 0.261. The van der Waals surface area contributed by atoms with E-state index in [1.54, 1.807) is 10.8 Å². The van der Waals surface area contributed by atoms with Crippen LogP contribution in [0.15, 0.2) is 58.6 Å². The standard InChI is InChI=1S/C18H17F3N4O2S2/c1-12-7-3-5-9-14(12)25-16(23-24-17(25)28-2)11-22-29(26,27)15-10-6-4-8-13(15)18(19,20)21/h3-10,22H,11H2,1-2H3. The summed E-state index contributed by atoms with van der Waals surface area (Å²) in [6, 6.07) is 11.4. The molecule has 1 heterocycles. The van der Waals surface area contributed by atoms with Crippen molar-refractivity contribution in [2.45, 2.75) is 29.7 Å². The van der Waals surface area contributed by atoms with Crippen LogP contribution in [-0.4, -0.2) is 29.4 Å². The van der Waals surface area contributed by atoms with Gasteiger partial charge in [-0.15, -0.1) is 10.2 Å². The van der Waals surface area contributed by atoms with E-state index in [1.165, 1.54) is 17.8 Å². The molecule has 0 amide bonds. The van der Waals surface area contributed by atoms with Crippen LogP contribution in [0.3, 0.4) is 0 Å². The molecule has 1 aromatic heterocycles. The summed E-state index contributed by atoms with van der Waals surface area (Å²) in [6.45, 7) is 1.56. The average Bonchev–Trinajstić information content (AvgIpc) is 3.09. The molecule has 0 saturated heterocycles. The molecule has 0 atom stereocenters. The molecule has 29 heavy (non-hydrogen) atoms. The first-order valence-corrected chi connectivity index (χ1v) is 11.1. The Balaban J connectivity index is 1.96. The smallest absolute Gasteiger partial charge is 0.273 e. The van der Waals surface area contributed by atoms with Crippen LogP contribution < -0.4 is 4.72 Å². The molecule has 2 aromatic carbocycles. The topological polar surface area (TPSA) is 76.9 Å². The van der Waals surface area contributed by atoms with Gasteiger partial charge in [0.05, 0.1) is 22.7 Å². The zero-order chi connectivity index (χ0) is 21.2. The van der Waals surface area contributed by atoms with Gasteiger partial charge in [-0.2, -0.15) is 13.2 Å². The minimum atomic E-state index is -4.79. The average molecular weight is 442 g/mol. The summed E-state index contributed by atoms with van der Waals surface area (Å²) >= 11 is 1.32. The number of thioether (sulfide) groups is 1. The van der Waals surface area contributed by atoms with Gasteiger partial charge in [-0.1, -0.05) is 42.1 Å². The first-order chi connectivity index (χ1) is 13.6. The van der Waals surface area contributed by atoms with Crippen LogP contribution in [0.25, 0.3) is 5.69 Å². The molecule has 0 unspecified atom stereocenters. The largest absolute Gasteiger partial charge is 0.417 e. The van der Waals surface area contributed by atoms with E-state index in [4.69, 9.17) is 0 Å². The number of aryl methyl sites for hydroxylation is 1. The van der Waals surface area contributed by atoms with Crippen LogP contribution in [0.1, 0.15) is 17.0 Å². The van der Waals surface area contributed by atoms with Crippen LogP contribution in [0, 0.1) is 6.92 Å². The van der Waals surface area contributed by atoms with Gasteiger partial charge in [-0.05, 0) is 36.9 Å². The Labute approximate surface area is 170 Å². The summed E-state index contributed by atoms with van der Waals surface area (Å²) in [5.41, 5.74) is 0.443. The van der Waals surface area contributed by atoms with Gasteiger partial charge in [0.1, 0.15) is 0 Å². The third-order valence-electron chi connectivity index (χ3n) is 4.14. The first-order valence-electron chi connectivity index (χ1n) is 8.35. The third-order valence-corrected chi connectivity index (χ3v) is 6.23. The Morgan fingerprint density at radius 1 is 1.07 bits per heavy atom. The maximum Gasteiger partial charge on any atom is 0.417 e. The number of hydrogen-bond acceptors (Lipinski definition) is 5. The maximum absolute atomic E-state index is 13.2. The molecule has 0 aliphatic rings. The van der Waals surface area contributed by atoms with Gasteiger partial charge >= 0.3 is 6.18 Å². The number of alkyl halides is 3. The van der Waals surface area contributed by atoms with Crippen molar-refractivity contribution in [2.24, 2.45) is 0 Å². The van der Waals surface area contributed by atoms with Crippen LogP contribution in [0.2, 0.25) is 0 Å². The lowest BCUT2D eigenvalue weighted by molar-refractivity contribution is -0.139. The zero-order valence-electron chi connectivity index (χ0n) is 15.4. The SMILES string of the molecule is CSc1nnc(CNS(=O)(=O)c2ccccc2C(F)(F)F)n1-c1ccccc1C. The Morgan fingerprint density at radius 2 is 1.72 bits per heavy atom. The number of hydrogen-bond donors (Lipinski definition) is 1. The van der Waals surface area contributed by atoms with Crippen LogP contribution in [0.5, 0.6) is 0 Å². The van der Waals surface area contributed by atoms with Crippen molar-refractivity contribution >= 4 is 21.8 Å². The Bertz CT molecular complexity index is 1130. The fraction of sp³-hybridized carbons (Fsp3) is 0.222. The van der Waals surface area contributed by atoms with E-state index in [0.29, 0.717) is 5.16 Å². The molecule has 0 saturated carbocycles. The number of nitrogens with one attached hydrogen (secondary N) is 1. The summed E-state index contributed by atoms with van der Waals surface area (Å²) in [5, 5.41) is 8.59. The fourth-order valence-corrected chi connectivity index (χ4v) is 4.49. The monoisotopic (exact) mass is 442 g/mol. The highest BCUT2D eigenvalue weighted by Crippen LogP contribution is 2.34. The molecule has 0 bridgehead atoms. The lowest BCUT2D eigenvalue weighted by Gasteiger charge is -2.15. The number of nitrogens with zero attached hydrogens (tertiary/aromatic N) is 3. The highest BCUT2D eigenvalue weighted by molar-refractivity contribution is 7.98. The first kappa shape index (κ1) is 21.3. The van der Waals surface area contributed by atoms with Crippen molar-refractivity contribution in [1.29, 1.82) is 0 Å². The predicted octanol–water partition coefficient (Wildman–Crippen LogP) is 3.79. The van der Waals surface area contributed by atoms with Gasteiger partial charge in [0.25, 0.3) is 0 Å². The molecule has 154 valence electrons. The van der Waals surface area contributed by atoms with Crippen molar-refractivity contribution in [3.8, 4) is 5.69 Å². The molecule has 3 rings (SSSR count). The van der Waals surface area contributed by atoms with Crippen molar-refractivity contribution in [1.82, 2.24) is 19.5 Å². The molecule has 0 fully saturated rings. The van der Waals surface area contributed by atoms with Gasteiger partial charge in [0, 0.05) is 0 Å². The number of rotatable bonds is 6. The van der Waals surface area contributed by atoms with Crippen molar-refractivity contribution in [3.05, 3.63) is 65.5 Å². The summed E-state index contributed by atoms with van der Waals surface area (Å²) in [5.74, 6) is 0.261. The van der Waals surface area contributed by atoms with E-state index in [0.717, 1.165) is 29.4 Å². The second-order valence-corrected chi connectivity index (χ2v) is 8.55. The Morgan fingerprint density at radius 3 is 2.38 bits per heavy atom. The van der Waals surface area contributed by atoms with Crippen molar-refractivity contribution in [3.63, 3.8) is 0 Å². The Hall–Kier alpha value is -2.37. The molecule has 0 spiro atoms. The molecular formula is C18H17F3N4O2S2. The lowest BCUT2D eigenvalue weighted by Crippen LogP contribution is -2.27. The minimum Gasteiger partial charge on any atom is -0.273 e. The zero-order valence-corrected chi connectivity index (χ0v) is 17.1. The predicted molar refractivity (Wildman–Crippen MR) is 103 cm³/mol. The molecule has 0 aliphatic heterocycles. The van der Waals surface area contributed by atoms with Crippen LogP contribution in [0.4, 0.5) is 13.2 Å². The summed E-state index contributed by atoms with van der Waals surface area (Å²) < 4.78 is 68.7. The van der Waals surface area contributed by atoms with E-state index in [2.05, 4.69) is 14.9 Å². The van der Waals surface area contributed by atoms with Crippen molar-refractivity contribution in [2.75, 3.05) is 6.26 Å². The summed E-state index contributed by atoms with van der Waals surface area (Å²) in [7, 11) is -4.44. The third kappa shape index (κ3) is 4.46. The number of halogens is 3. The Kier molecular flexibility index (Phi) is 6.01. The number of aromatic nitrogens is 3. The highest BCUT2D eigenvalue weighted by Gasteiger charge is 2.36. The number of sulfonamides is 1. The normalized spacial score (nSPS) is 12.3. The van der Waals surface area contributed by atoms with E-state index in [-0.39, 0.29) is 12.4 Å². The molecule has 1 N–H and O–H groups in total. The van der Waals surface area contributed by atoms with Gasteiger partial charge in [0.2, 0.25) is 10.0 Å². The lowest BCUT2D eigenvalue weighted by atomic mass is 10.2. The summed E-state index contributed by atoms with van der Waals surface area (Å²) in [4.78, 5) is -0.834. The van der Waals surface area contributed by atoms with Crippen molar-refractivity contribution < 1.29 is 21.6 Å². The van der Waals surface area contributed by atoms with E-state index >= 15 is 0 Å². The molecule has 6 nitrogen and oxygen atoms in total.